The molecule has 1 amide bonds. The van der Waals surface area contributed by atoms with Gasteiger partial charge in [-0.1, -0.05) is 13.0 Å². The van der Waals surface area contributed by atoms with E-state index < -0.39 is 0 Å². The maximum absolute atomic E-state index is 12.6. The normalized spacial score (nSPS) is 26.0. The zero-order valence-corrected chi connectivity index (χ0v) is 15.2. The quantitative estimate of drug-likeness (QED) is 0.797. The van der Waals surface area contributed by atoms with E-state index in [4.69, 9.17) is 0 Å². The van der Waals surface area contributed by atoms with Crippen LogP contribution in [-0.4, -0.2) is 46.6 Å². The van der Waals surface area contributed by atoms with Gasteiger partial charge in [0.1, 0.15) is 0 Å². The smallest absolute Gasteiger partial charge is 0.220 e. The molecule has 1 aromatic heterocycles. The summed E-state index contributed by atoms with van der Waals surface area (Å²) >= 11 is 0. The predicted octanol–water partition coefficient (Wildman–Crippen LogP) is 2.52. The Kier molecular flexibility index (Phi) is 6.43. The molecule has 138 valence electrons. The molecule has 2 heterocycles. The van der Waals surface area contributed by atoms with Gasteiger partial charge >= 0.3 is 0 Å². The number of nitrogens with one attached hydrogen (secondary N) is 1. The van der Waals surface area contributed by atoms with Gasteiger partial charge in [-0.05, 0) is 75.7 Å². The Labute approximate surface area is 150 Å². The van der Waals surface area contributed by atoms with Gasteiger partial charge in [0.25, 0.3) is 0 Å². The fourth-order valence-electron chi connectivity index (χ4n) is 4.12. The van der Waals surface area contributed by atoms with Crippen LogP contribution in [0.2, 0.25) is 0 Å². The number of carbonyl (C=O) groups is 1. The molecule has 25 heavy (non-hydrogen) atoms. The lowest BCUT2D eigenvalue weighted by Gasteiger charge is -2.38. The van der Waals surface area contributed by atoms with Gasteiger partial charge in [0.15, 0.2) is 0 Å². The second kappa shape index (κ2) is 8.77. The molecule has 1 aliphatic heterocycles. The molecule has 2 fully saturated rings. The molecule has 2 aliphatic rings. The standard InChI is InChI=1S/C20H31N3O2/c1-2-9-23-10-6-15(7-11-23)12-19(25)22-20(16-13-17(24)14-16)18-5-3-4-8-21-18/h3-5,8,15-17,20,24H,2,6-7,9-14H2,1H3,(H,22,25). The highest BCUT2D eigenvalue weighted by molar-refractivity contribution is 5.76. The van der Waals surface area contributed by atoms with E-state index in [-0.39, 0.29) is 18.1 Å². The van der Waals surface area contributed by atoms with Crippen LogP contribution in [0.4, 0.5) is 0 Å². The number of rotatable bonds is 7. The van der Waals surface area contributed by atoms with Gasteiger partial charge in [-0.15, -0.1) is 0 Å². The summed E-state index contributed by atoms with van der Waals surface area (Å²) in [4.78, 5) is 19.5. The van der Waals surface area contributed by atoms with Gasteiger partial charge in [0.05, 0.1) is 17.8 Å². The molecular weight excluding hydrogens is 314 g/mol. The first-order chi connectivity index (χ1) is 12.2. The molecule has 1 saturated carbocycles. The molecular formula is C20H31N3O2. The van der Waals surface area contributed by atoms with E-state index in [0.717, 1.165) is 44.5 Å². The van der Waals surface area contributed by atoms with E-state index in [1.165, 1.54) is 13.0 Å². The van der Waals surface area contributed by atoms with Crippen molar-refractivity contribution in [2.24, 2.45) is 11.8 Å². The molecule has 1 aliphatic carbocycles. The Morgan fingerprint density at radius 2 is 2.12 bits per heavy atom. The van der Waals surface area contributed by atoms with Gasteiger partial charge in [-0.25, -0.2) is 0 Å². The fourth-order valence-corrected chi connectivity index (χ4v) is 4.12. The number of aliphatic hydroxyl groups is 1. The van der Waals surface area contributed by atoms with Crippen LogP contribution in [-0.2, 0) is 4.79 Å². The lowest BCUT2D eigenvalue weighted by atomic mass is 9.76. The van der Waals surface area contributed by atoms with Crippen LogP contribution in [0.25, 0.3) is 0 Å². The van der Waals surface area contributed by atoms with Crippen LogP contribution in [0.15, 0.2) is 24.4 Å². The number of carbonyl (C=O) groups excluding carboxylic acids is 1. The molecule has 1 aromatic rings. The molecule has 0 spiro atoms. The first-order valence-corrected chi connectivity index (χ1v) is 9.76. The van der Waals surface area contributed by atoms with Crippen molar-refractivity contribution in [1.82, 2.24) is 15.2 Å². The van der Waals surface area contributed by atoms with Gasteiger partial charge in [0, 0.05) is 12.6 Å². The molecule has 0 radical (unpaired) electrons. The number of aliphatic hydroxyl groups excluding tert-OH is 1. The number of nitrogens with zero attached hydrogens (tertiary/aromatic N) is 2. The summed E-state index contributed by atoms with van der Waals surface area (Å²) in [5.74, 6) is 0.913. The van der Waals surface area contributed by atoms with Gasteiger partial charge < -0.3 is 15.3 Å². The number of aromatic nitrogens is 1. The van der Waals surface area contributed by atoms with Crippen molar-refractivity contribution in [3.05, 3.63) is 30.1 Å². The van der Waals surface area contributed by atoms with Crippen molar-refractivity contribution in [2.75, 3.05) is 19.6 Å². The SMILES string of the molecule is CCCN1CCC(CC(=O)NC(c2ccccn2)C2CC(O)C2)CC1. The Hall–Kier alpha value is -1.46. The summed E-state index contributed by atoms with van der Waals surface area (Å²) < 4.78 is 0. The molecule has 0 bridgehead atoms. The number of likely N-dealkylation sites (tertiary alicyclic amines) is 1. The summed E-state index contributed by atoms with van der Waals surface area (Å²) in [6.07, 6.45) is 7.08. The average Bonchev–Trinajstić information content (AvgIpc) is 2.60. The van der Waals surface area contributed by atoms with E-state index in [2.05, 4.69) is 22.1 Å². The number of hydrogen-bond donors (Lipinski definition) is 2. The van der Waals surface area contributed by atoms with E-state index in [0.29, 0.717) is 18.3 Å². The Morgan fingerprint density at radius 1 is 1.36 bits per heavy atom. The molecule has 5 nitrogen and oxygen atoms in total. The van der Waals surface area contributed by atoms with Gasteiger partial charge in [0.2, 0.25) is 5.91 Å². The first-order valence-electron chi connectivity index (χ1n) is 9.76. The van der Waals surface area contributed by atoms with Gasteiger partial charge in [-0.3, -0.25) is 9.78 Å². The lowest BCUT2D eigenvalue weighted by molar-refractivity contribution is -0.124. The van der Waals surface area contributed by atoms with Crippen LogP contribution in [0, 0.1) is 11.8 Å². The zero-order valence-electron chi connectivity index (χ0n) is 15.2. The average molecular weight is 345 g/mol. The van der Waals surface area contributed by atoms with E-state index in [1.54, 1.807) is 6.20 Å². The summed E-state index contributed by atoms with van der Waals surface area (Å²) in [5.41, 5.74) is 0.908. The lowest BCUT2D eigenvalue weighted by Crippen LogP contribution is -2.42. The maximum Gasteiger partial charge on any atom is 0.220 e. The maximum atomic E-state index is 12.6. The highest BCUT2D eigenvalue weighted by Gasteiger charge is 2.36. The van der Waals surface area contributed by atoms with Crippen molar-refractivity contribution < 1.29 is 9.90 Å². The van der Waals surface area contributed by atoms with Crippen LogP contribution in [0.1, 0.15) is 57.2 Å². The number of piperidine rings is 1. The number of amides is 1. The largest absolute Gasteiger partial charge is 0.393 e. The molecule has 5 heteroatoms. The van der Waals surface area contributed by atoms with Crippen LogP contribution >= 0.6 is 0 Å². The van der Waals surface area contributed by atoms with E-state index in [1.807, 2.05) is 18.2 Å². The summed E-state index contributed by atoms with van der Waals surface area (Å²) in [6, 6.07) is 5.75. The second-order valence-electron chi connectivity index (χ2n) is 7.67. The third kappa shape index (κ3) is 5.02. The molecule has 2 N–H and O–H groups in total. The fraction of sp³-hybridized carbons (Fsp3) is 0.700. The third-order valence-corrected chi connectivity index (χ3v) is 5.67. The topological polar surface area (TPSA) is 65.5 Å². The van der Waals surface area contributed by atoms with Crippen molar-refractivity contribution in [1.29, 1.82) is 0 Å². The van der Waals surface area contributed by atoms with E-state index in [9.17, 15) is 9.90 Å². The Bertz CT molecular complexity index is 537. The van der Waals surface area contributed by atoms with Gasteiger partial charge in [-0.2, -0.15) is 0 Å². The first kappa shape index (κ1) is 18.3. The Balaban J connectivity index is 1.52. The van der Waals surface area contributed by atoms with Crippen LogP contribution in [0.3, 0.4) is 0 Å². The minimum absolute atomic E-state index is 0.0720. The van der Waals surface area contributed by atoms with Crippen LogP contribution < -0.4 is 5.32 Å². The molecule has 1 atom stereocenters. The molecule has 1 unspecified atom stereocenters. The summed E-state index contributed by atoms with van der Waals surface area (Å²) in [7, 11) is 0. The zero-order chi connectivity index (χ0) is 17.6. The highest BCUT2D eigenvalue weighted by Crippen LogP contribution is 2.37. The second-order valence-corrected chi connectivity index (χ2v) is 7.67. The molecule has 0 aromatic carbocycles. The molecule has 1 saturated heterocycles. The van der Waals surface area contributed by atoms with Crippen LogP contribution in [0.5, 0.6) is 0 Å². The minimum atomic E-state index is -0.226. The van der Waals surface area contributed by atoms with E-state index >= 15 is 0 Å². The van der Waals surface area contributed by atoms with Crippen molar-refractivity contribution in [2.45, 2.75) is 57.6 Å². The third-order valence-electron chi connectivity index (χ3n) is 5.67. The molecule has 3 rings (SSSR count). The van der Waals surface area contributed by atoms with Crippen molar-refractivity contribution in [3.63, 3.8) is 0 Å². The Morgan fingerprint density at radius 3 is 2.72 bits per heavy atom. The summed E-state index contributed by atoms with van der Waals surface area (Å²) in [6.45, 7) is 5.62. The predicted molar refractivity (Wildman–Crippen MR) is 97.9 cm³/mol. The highest BCUT2D eigenvalue weighted by atomic mass is 16.3. The monoisotopic (exact) mass is 345 g/mol. The minimum Gasteiger partial charge on any atom is -0.393 e. The number of pyridine rings is 1. The number of hydrogen-bond acceptors (Lipinski definition) is 4. The van der Waals surface area contributed by atoms with Crippen molar-refractivity contribution in [3.8, 4) is 0 Å². The van der Waals surface area contributed by atoms with Crippen molar-refractivity contribution >= 4 is 5.91 Å². The summed E-state index contributed by atoms with van der Waals surface area (Å²) in [5, 5.41) is 12.9.